The van der Waals surface area contributed by atoms with Crippen LogP contribution in [0.2, 0.25) is 0 Å². The molecule has 6 nitrogen and oxygen atoms in total. The van der Waals surface area contributed by atoms with E-state index in [-0.39, 0.29) is 4.90 Å². The van der Waals surface area contributed by atoms with E-state index in [0.717, 1.165) is 17.5 Å². The second kappa shape index (κ2) is 6.26. The molecule has 1 aliphatic heterocycles. The molecule has 3 N–H and O–H groups in total. The van der Waals surface area contributed by atoms with Crippen LogP contribution >= 0.6 is 0 Å². The molecule has 2 aromatic rings. The zero-order valence-electron chi connectivity index (χ0n) is 13.5. The summed E-state index contributed by atoms with van der Waals surface area (Å²) in [5.41, 5.74) is 3.06. The van der Waals surface area contributed by atoms with E-state index >= 15 is 0 Å². The van der Waals surface area contributed by atoms with Gasteiger partial charge in [-0.05, 0) is 48.7 Å². The number of aryl methyl sites for hydroxylation is 2. The summed E-state index contributed by atoms with van der Waals surface area (Å²) in [6.45, 7) is 3.89. The molecule has 0 saturated heterocycles. The molecule has 1 aliphatic rings. The summed E-state index contributed by atoms with van der Waals surface area (Å²) in [7, 11) is -3.73. The van der Waals surface area contributed by atoms with Crippen molar-refractivity contribution in [3.8, 4) is 0 Å². The molecule has 3 rings (SSSR count). The molecule has 7 heteroatoms. The van der Waals surface area contributed by atoms with E-state index < -0.39 is 22.1 Å². The van der Waals surface area contributed by atoms with Crippen LogP contribution in [-0.2, 0) is 21.2 Å². The molecule has 1 atom stereocenters. The van der Waals surface area contributed by atoms with Crippen molar-refractivity contribution in [3.63, 3.8) is 0 Å². The van der Waals surface area contributed by atoms with Gasteiger partial charge in [-0.1, -0.05) is 25.1 Å². The van der Waals surface area contributed by atoms with Crippen molar-refractivity contribution in [2.75, 3.05) is 10.6 Å². The van der Waals surface area contributed by atoms with Crippen LogP contribution in [0.15, 0.2) is 47.4 Å². The van der Waals surface area contributed by atoms with Gasteiger partial charge >= 0.3 is 0 Å². The number of anilines is 2. The van der Waals surface area contributed by atoms with Crippen molar-refractivity contribution in [1.29, 1.82) is 0 Å². The predicted molar refractivity (Wildman–Crippen MR) is 93.4 cm³/mol. The lowest BCUT2D eigenvalue weighted by Gasteiger charge is -2.27. The number of sulfonamides is 1. The molecule has 0 saturated carbocycles. The first-order valence-electron chi connectivity index (χ1n) is 7.68. The summed E-state index contributed by atoms with van der Waals surface area (Å²) >= 11 is 0. The van der Waals surface area contributed by atoms with E-state index in [1.54, 1.807) is 18.2 Å². The first kappa shape index (κ1) is 16.5. The zero-order valence-corrected chi connectivity index (χ0v) is 14.3. The molecule has 0 spiro atoms. The van der Waals surface area contributed by atoms with Crippen molar-refractivity contribution in [1.82, 2.24) is 4.72 Å². The summed E-state index contributed by atoms with van der Waals surface area (Å²) in [6.07, 6.45) is -0.209. The second-order valence-electron chi connectivity index (χ2n) is 5.74. The van der Waals surface area contributed by atoms with Crippen LogP contribution in [0.5, 0.6) is 0 Å². The zero-order chi connectivity index (χ0) is 17.3. The minimum absolute atomic E-state index is 0.144. The monoisotopic (exact) mass is 345 g/mol. The summed E-state index contributed by atoms with van der Waals surface area (Å²) in [6, 6.07) is 12.4. The maximum Gasteiger partial charge on any atom is 0.262 e. The number of nitrogens with one attached hydrogen (secondary N) is 3. The Morgan fingerprint density at radius 3 is 2.75 bits per heavy atom. The van der Waals surface area contributed by atoms with Gasteiger partial charge < -0.3 is 10.6 Å². The largest absolute Gasteiger partial charge is 0.360 e. The Hall–Kier alpha value is -2.38. The summed E-state index contributed by atoms with van der Waals surface area (Å²) in [4.78, 5) is 12.6. The summed E-state index contributed by atoms with van der Waals surface area (Å²) < 4.78 is 27.0. The number of carbonyl (C=O) groups is 1. The Balaban J connectivity index is 1.84. The Labute approximate surface area is 141 Å². The van der Waals surface area contributed by atoms with Gasteiger partial charge in [0.2, 0.25) is 10.0 Å². The lowest BCUT2D eigenvalue weighted by molar-refractivity contribution is -0.117. The van der Waals surface area contributed by atoms with Crippen molar-refractivity contribution < 1.29 is 13.2 Å². The highest BCUT2D eigenvalue weighted by Crippen LogP contribution is 2.27. The van der Waals surface area contributed by atoms with E-state index in [1.807, 2.05) is 32.0 Å². The van der Waals surface area contributed by atoms with Gasteiger partial charge in [0.1, 0.15) is 4.90 Å². The highest BCUT2D eigenvalue weighted by molar-refractivity contribution is 7.89. The molecule has 0 fully saturated rings. The molecule has 0 aliphatic carbocycles. The van der Waals surface area contributed by atoms with E-state index in [4.69, 9.17) is 0 Å². The number of rotatable bonds is 3. The first-order valence-corrected chi connectivity index (χ1v) is 9.16. The lowest BCUT2D eigenvalue weighted by atomic mass is 10.1. The fourth-order valence-electron chi connectivity index (χ4n) is 2.60. The molecule has 0 unspecified atom stereocenters. The van der Waals surface area contributed by atoms with Crippen molar-refractivity contribution in [2.45, 2.75) is 31.3 Å². The molecular weight excluding hydrogens is 326 g/mol. The molecule has 126 valence electrons. The highest BCUT2D eigenvalue weighted by Gasteiger charge is 2.33. The van der Waals surface area contributed by atoms with E-state index in [2.05, 4.69) is 15.4 Å². The van der Waals surface area contributed by atoms with Gasteiger partial charge in [0.05, 0.1) is 5.69 Å². The van der Waals surface area contributed by atoms with Gasteiger partial charge in [-0.25, -0.2) is 8.42 Å². The Kier molecular flexibility index (Phi) is 4.29. The van der Waals surface area contributed by atoms with E-state index in [0.29, 0.717) is 11.4 Å². The number of benzene rings is 2. The standard InChI is InChI=1S/C17H19N3O3S/c1-3-12-5-4-6-13(10-12)18-17(21)16-19-14-9-11(2)7-8-15(14)24(22,23)20-16/h4-10,16,19-20H,3H2,1-2H3,(H,18,21)/t16-/m0/s1. The maximum absolute atomic E-state index is 12.4. The molecule has 0 radical (unpaired) electrons. The maximum atomic E-state index is 12.4. The fraction of sp³-hybridized carbons (Fsp3) is 0.235. The van der Waals surface area contributed by atoms with Crippen molar-refractivity contribution in [3.05, 3.63) is 53.6 Å². The van der Waals surface area contributed by atoms with Crippen molar-refractivity contribution >= 4 is 27.3 Å². The van der Waals surface area contributed by atoms with Gasteiger partial charge in [-0.3, -0.25) is 4.79 Å². The van der Waals surface area contributed by atoms with Crippen molar-refractivity contribution in [2.24, 2.45) is 0 Å². The Bertz CT molecular complexity index is 894. The minimum Gasteiger partial charge on any atom is -0.360 e. The number of hydrogen-bond acceptors (Lipinski definition) is 4. The fourth-order valence-corrected chi connectivity index (χ4v) is 3.85. The van der Waals surface area contributed by atoms with Crippen LogP contribution in [0.4, 0.5) is 11.4 Å². The Morgan fingerprint density at radius 1 is 1.21 bits per heavy atom. The topological polar surface area (TPSA) is 87.3 Å². The quantitative estimate of drug-likeness (QED) is 0.796. The predicted octanol–water partition coefficient (Wildman–Crippen LogP) is 2.23. The molecule has 0 aromatic heterocycles. The molecule has 2 aromatic carbocycles. The van der Waals surface area contributed by atoms with Gasteiger partial charge in [0.15, 0.2) is 6.17 Å². The third-order valence-corrected chi connectivity index (χ3v) is 5.34. The average molecular weight is 345 g/mol. The molecule has 1 heterocycles. The number of hydrogen-bond donors (Lipinski definition) is 3. The molecule has 24 heavy (non-hydrogen) atoms. The molecular formula is C17H19N3O3S. The van der Waals surface area contributed by atoms with E-state index in [9.17, 15) is 13.2 Å². The molecule has 0 bridgehead atoms. The smallest absolute Gasteiger partial charge is 0.262 e. The first-order chi connectivity index (χ1) is 11.4. The minimum atomic E-state index is -3.73. The van der Waals surface area contributed by atoms with Gasteiger partial charge in [0.25, 0.3) is 5.91 Å². The van der Waals surface area contributed by atoms with Gasteiger partial charge in [0, 0.05) is 5.69 Å². The third kappa shape index (κ3) is 3.27. The van der Waals surface area contributed by atoms with Crippen LogP contribution < -0.4 is 15.4 Å². The van der Waals surface area contributed by atoms with Crippen LogP contribution in [0.3, 0.4) is 0 Å². The van der Waals surface area contributed by atoms with Crippen LogP contribution in [0.1, 0.15) is 18.1 Å². The third-order valence-electron chi connectivity index (χ3n) is 3.86. The van der Waals surface area contributed by atoms with Crippen LogP contribution in [0, 0.1) is 6.92 Å². The van der Waals surface area contributed by atoms with E-state index in [1.165, 1.54) is 6.07 Å². The molecule has 1 amide bonds. The SMILES string of the molecule is CCc1cccc(NC(=O)[C@H]2Nc3cc(C)ccc3S(=O)(=O)N2)c1. The van der Waals surface area contributed by atoms with Crippen LogP contribution in [0.25, 0.3) is 0 Å². The van der Waals surface area contributed by atoms with Crippen LogP contribution in [-0.4, -0.2) is 20.5 Å². The summed E-state index contributed by atoms with van der Waals surface area (Å²) in [5, 5.41) is 5.68. The highest BCUT2D eigenvalue weighted by atomic mass is 32.2. The van der Waals surface area contributed by atoms with Gasteiger partial charge in [-0.2, -0.15) is 4.72 Å². The average Bonchev–Trinajstić information content (AvgIpc) is 2.53. The summed E-state index contributed by atoms with van der Waals surface area (Å²) in [5.74, 6) is -0.459. The number of carbonyl (C=O) groups excluding carboxylic acids is 1. The second-order valence-corrected chi connectivity index (χ2v) is 7.42. The number of amides is 1. The number of fused-ring (bicyclic) bond motifs is 1. The lowest BCUT2D eigenvalue weighted by Crippen LogP contribution is -2.51. The Morgan fingerprint density at radius 2 is 2.00 bits per heavy atom. The van der Waals surface area contributed by atoms with Gasteiger partial charge in [-0.15, -0.1) is 0 Å². The normalized spacial score (nSPS) is 18.3.